The number of rotatable bonds is 6. The molecule has 1 saturated heterocycles. The van der Waals surface area contributed by atoms with Gasteiger partial charge in [-0.25, -0.2) is 0 Å². The van der Waals surface area contributed by atoms with Crippen molar-refractivity contribution in [3.63, 3.8) is 0 Å². The molecule has 17 heavy (non-hydrogen) atoms. The van der Waals surface area contributed by atoms with E-state index in [9.17, 15) is 0 Å². The molecule has 1 rings (SSSR count). The highest BCUT2D eigenvalue weighted by molar-refractivity contribution is 4.73. The summed E-state index contributed by atoms with van der Waals surface area (Å²) in [5.41, 5.74) is 0.264. The van der Waals surface area contributed by atoms with Gasteiger partial charge in [0, 0.05) is 31.7 Å². The van der Waals surface area contributed by atoms with Crippen molar-refractivity contribution in [1.29, 1.82) is 0 Å². The van der Waals surface area contributed by atoms with Crippen LogP contribution >= 0.6 is 0 Å². The molecule has 102 valence electrons. The van der Waals surface area contributed by atoms with E-state index < -0.39 is 0 Å². The lowest BCUT2D eigenvalue weighted by Crippen LogP contribution is -2.47. The monoisotopic (exact) mass is 241 g/mol. The van der Waals surface area contributed by atoms with Crippen LogP contribution in [0.2, 0.25) is 0 Å². The summed E-state index contributed by atoms with van der Waals surface area (Å²) in [6.07, 6.45) is 2.56. The average Bonchev–Trinajstić information content (AvgIpc) is 2.26. The molecular weight excluding hydrogens is 210 g/mol. The van der Waals surface area contributed by atoms with Gasteiger partial charge in [0.2, 0.25) is 0 Å². The third-order valence-electron chi connectivity index (χ3n) is 3.31. The highest BCUT2D eigenvalue weighted by Crippen LogP contribution is 2.03. The van der Waals surface area contributed by atoms with Gasteiger partial charge in [-0.2, -0.15) is 0 Å². The Hall–Kier alpha value is -0.120. The van der Waals surface area contributed by atoms with Gasteiger partial charge in [0.15, 0.2) is 0 Å². The van der Waals surface area contributed by atoms with Crippen LogP contribution in [0, 0.1) is 0 Å². The summed E-state index contributed by atoms with van der Waals surface area (Å²) in [6, 6.07) is 0. The maximum atomic E-state index is 3.55. The second-order valence-corrected chi connectivity index (χ2v) is 6.21. The van der Waals surface area contributed by atoms with Crippen LogP contribution in [0.4, 0.5) is 0 Å². The second kappa shape index (κ2) is 7.34. The van der Waals surface area contributed by atoms with Gasteiger partial charge in [-0.15, -0.1) is 0 Å². The van der Waals surface area contributed by atoms with Crippen LogP contribution in [-0.2, 0) is 0 Å². The zero-order chi connectivity index (χ0) is 12.7. The van der Waals surface area contributed by atoms with Crippen LogP contribution in [0.3, 0.4) is 0 Å². The first-order chi connectivity index (χ1) is 8.01. The van der Waals surface area contributed by atoms with Crippen molar-refractivity contribution in [3.05, 3.63) is 0 Å². The number of hydrogen-bond acceptors (Lipinski definition) is 3. The van der Waals surface area contributed by atoms with Gasteiger partial charge in [0.1, 0.15) is 0 Å². The fraction of sp³-hybridized carbons (Fsp3) is 1.00. The fourth-order valence-electron chi connectivity index (χ4n) is 2.32. The Morgan fingerprint density at radius 1 is 0.941 bits per heavy atom. The van der Waals surface area contributed by atoms with Crippen LogP contribution < -0.4 is 5.32 Å². The molecule has 0 bridgehead atoms. The molecule has 0 radical (unpaired) electrons. The van der Waals surface area contributed by atoms with Crippen molar-refractivity contribution in [3.8, 4) is 0 Å². The summed E-state index contributed by atoms with van der Waals surface area (Å²) < 4.78 is 0. The molecule has 1 fully saturated rings. The van der Waals surface area contributed by atoms with Crippen molar-refractivity contribution in [2.24, 2.45) is 0 Å². The molecule has 1 heterocycles. The molecule has 3 nitrogen and oxygen atoms in total. The van der Waals surface area contributed by atoms with Gasteiger partial charge in [0.05, 0.1) is 0 Å². The molecule has 0 aromatic carbocycles. The first-order valence-corrected chi connectivity index (χ1v) is 7.21. The molecule has 0 saturated carbocycles. The Balaban J connectivity index is 2.02. The maximum absolute atomic E-state index is 3.55. The molecule has 1 aliphatic heterocycles. The molecule has 0 aromatic rings. The van der Waals surface area contributed by atoms with Crippen molar-refractivity contribution < 1.29 is 0 Å². The van der Waals surface area contributed by atoms with E-state index in [1.165, 1.54) is 52.1 Å². The normalized spacial score (nSPS) is 19.8. The summed E-state index contributed by atoms with van der Waals surface area (Å²) >= 11 is 0. The molecule has 0 atom stereocenters. The predicted octanol–water partition coefficient (Wildman–Crippen LogP) is 1.79. The number of piperazine rings is 1. The molecule has 0 amide bonds. The quantitative estimate of drug-likeness (QED) is 0.715. The SMILES string of the molecule is CCCN1CCN(CCCNC(C)(C)C)CC1. The molecule has 0 spiro atoms. The molecular formula is C14H31N3. The van der Waals surface area contributed by atoms with Crippen LogP contribution in [-0.4, -0.2) is 61.2 Å². The van der Waals surface area contributed by atoms with Gasteiger partial charge in [-0.1, -0.05) is 6.92 Å². The largest absolute Gasteiger partial charge is 0.312 e. The third-order valence-corrected chi connectivity index (χ3v) is 3.31. The first-order valence-electron chi connectivity index (χ1n) is 7.21. The summed E-state index contributed by atoms with van der Waals surface area (Å²) in [7, 11) is 0. The summed E-state index contributed by atoms with van der Waals surface area (Å²) in [6.45, 7) is 17.7. The van der Waals surface area contributed by atoms with E-state index in [-0.39, 0.29) is 5.54 Å². The number of nitrogens with zero attached hydrogens (tertiary/aromatic N) is 2. The van der Waals surface area contributed by atoms with Crippen molar-refractivity contribution in [2.45, 2.75) is 46.1 Å². The molecule has 0 unspecified atom stereocenters. The predicted molar refractivity (Wildman–Crippen MR) is 75.5 cm³/mol. The Bertz CT molecular complexity index is 190. The van der Waals surface area contributed by atoms with Crippen LogP contribution in [0.1, 0.15) is 40.5 Å². The van der Waals surface area contributed by atoms with Crippen molar-refractivity contribution in [1.82, 2.24) is 15.1 Å². The van der Waals surface area contributed by atoms with Crippen LogP contribution in [0.25, 0.3) is 0 Å². The summed E-state index contributed by atoms with van der Waals surface area (Å²) in [5, 5.41) is 3.55. The van der Waals surface area contributed by atoms with Gasteiger partial charge in [0.25, 0.3) is 0 Å². The fourth-order valence-corrected chi connectivity index (χ4v) is 2.32. The lowest BCUT2D eigenvalue weighted by molar-refractivity contribution is 0.131. The second-order valence-electron chi connectivity index (χ2n) is 6.21. The van der Waals surface area contributed by atoms with Crippen molar-refractivity contribution in [2.75, 3.05) is 45.8 Å². The smallest absolute Gasteiger partial charge is 0.0110 e. The van der Waals surface area contributed by atoms with E-state index in [0.717, 1.165) is 6.54 Å². The van der Waals surface area contributed by atoms with E-state index in [0.29, 0.717) is 0 Å². The van der Waals surface area contributed by atoms with E-state index in [1.807, 2.05) is 0 Å². The van der Waals surface area contributed by atoms with Gasteiger partial charge < -0.3 is 15.1 Å². The number of hydrogen-bond donors (Lipinski definition) is 1. The lowest BCUT2D eigenvalue weighted by Gasteiger charge is -2.34. The topological polar surface area (TPSA) is 18.5 Å². The summed E-state index contributed by atoms with van der Waals surface area (Å²) in [5.74, 6) is 0. The van der Waals surface area contributed by atoms with Gasteiger partial charge in [-0.05, 0) is 53.2 Å². The van der Waals surface area contributed by atoms with Crippen molar-refractivity contribution >= 4 is 0 Å². The minimum absolute atomic E-state index is 0.264. The highest BCUT2D eigenvalue weighted by atomic mass is 15.3. The first kappa shape index (κ1) is 14.9. The lowest BCUT2D eigenvalue weighted by atomic mass is 10.1. The summed E-state index contributed by atoms with van der Waals surface area (Å²) in [4.78, 5) is 5.19. The average molecular weight is 241 g/mol. The molecule has 1 N–H and O–H groups in total. The van der Waals surface area contributed by atoms with Gasteiger partial charge >= 0.3 is 0 Å². The Morgan fingerprint density at radius 3 is 1.94 bits per heavy atom. The van der Waals surface area contributed by atoms with E-state index >= 15 is 0 Å². The Kier molecular flexibility index (Phi) is 6.45. The Morgan fingerprint density at radius 2 is 1.47 bits per heavy atom. The molecule has 1 aliphatic rings. The standard InChI is InChI=1S/C14H31N3/c1-5-8-16-10-12-17(13-11-16)9-6-7-15-14(2,3)4/h15H,5-13H2,1-4H3. The molecule has 0 aromatic heterocycles. The van der Waals surface area contributed by atoms with E-state index in [4.69, 9.17) is 0 Å². The van der Waals surface area contributed by atoms with E-state index in [2.05, 4.69) is 42.8 Å². The third kappa shape index (κ3) is 7.02. The Labute approximate surface area is 108 Å². The zero-order valence-electron chi connectivity index (χ0n) is 12.3. The minimum atomic E-state index is 0.264. The van der Waals surface area contributed by atoms with E-state index in [1.54, 1.807) is 0 Å². The minimum Gasteiger partial charge on any atom is -0.312 e. The van der Waals surface area contributed by atoms with Crippen LogP contribution in [0.5, 0.6) is 0 Å². The van der Waals surface area contributed by atoms with Gasteiger partial charge in [-0.3, -0.25) is 0 Å². The zero-order valence-corrected chi connectivity index (χ0v) is 12.3. The molecule has 0 aliphatic carbocycles. The molecule has 3 heteroatoms. The number of nitrogens with one attached hydrogen (secondary N) is 1. The maximum Gasteiger partial charge on any atom is 0.0110 e. The van der Waals surface area contributed by atoms with Crippen LogP contribution in [0.15, 0.2) is 0 Å². The highest BCUT2D eigenvalue weighted by Gasteiger charge is 2.15.